The molecule has 0 aromatic heterocycles. The van der Waals surface area contributed by atoms with E-state index in [0.29, 0.717) is 16.8 Å². The number of ether oxygens (including phenoxy) is 2. The minimum atomic E-state index is -3.67. The first kappa shape index (κ1) is 20.7. The molecule has 0 saturated carbocycles. The van der Waals surface area contributed by atoms with Crippen LogP contribution in [0.5, 0.6) is 11.5 Å². The molecular weight excluding hydrogens is 410 g/mol. The Morgan fingerprint density at radius 2 is 2.15 bits per heavy atom. The van der Waals surface area contributed by atoms with Crippen LogP contribution in [0.2, 0.25) is 0 Å². The molecule has 0 radical (unpaired) electrons. The molecule has 0 aliphatic carbocycles. The lowest BCUT2D eigenvalue weighted by Crippen LogP contribution is -2.50. The highest BCUT2D eigenvalue weighted by Gasteiger charge is 2.45. The third-order valence-electron chi connectivity index (χ3n) is 5.14. The van der Waals surface area contributed by atoms with Gasteiger partial charge in [0.25, 0.3) is 0 Å². The van der Waals surface area contributed by atoms with E-state index in [2.05, 4.69) is 35.2 Å². The topological polar surface area (TPSA) is 34.1 Å². The quantitative estimate of drug-likeness (QED) is 0.566. The first-order chi connectivity index (χ1) is 12.7. The van der Waals surface area contributed by atoms with E-state index in [1.165, 1.54) is 17.8 Å². The highest BCUT2D eigenvalue weighted by Crippen LogP contribution is 2.48. The molecule has 0 N–H and O–H groups in total. The summed E-state index contributed by atoms with van der Waals surface area (Å²) < 4.78 is 36.8. The average molecular weight is 433 g/mol. The summed E-state index contributed by atoms with van der Waals surface area (Å²) in [5, 5.41) is 0.700. The minimum Gasteiger partial charge on any atom is -0.395 e. The molecule has 1 saturated heterocycles. The van der Waals surface area contributed by atoms with Crippen LogP contribution >= 0.6 is 35.7 Å². The zero-order valence-electron chi connectivity index (χ0n) is 15.6. The standard InChI is InChI=1S/C18H22F2N2O2S3/c1-5-17(11(2)3)9-22(16(25)26-4)15(27-10-17)21-12-7-6-8-13-14(12)24-18(19,20)23-13/h6-8,11H,5,9-10H2,1-4H3. The van der Waals surface area contributed by atoms with Gasteiger partial charge in [0.15, 0.2) is 16.7 Å². The van der Waals surface area contributed by atoms with Crippen LogP contribution in [0.3, 0.4) is 0 Å². The van der Waals surface area contributed by atoms with Gasteiger partial charge in [-0.05, 0) is 36.1 Å². The normalized spacial score (nSPS) is 25.3. The molecule has 9 heteroatoms. The second kappa shape index (κ2) is 7.75. The second-order valence-electron chi connectivity index (χ2n) is 6.88. The van der Waals surface area contributed by atoms with E-state index in [1.807, 2.05) is 11.2 Å². The fraction of sp³-hybridized carbons (Fsp3) is 0.556. The largest absolute Gasteiger partial charge is 0.586 e. The van der Waals surface area contributed by atoms with Crippen molar-refractivity contribution in [2.45, 2.75) is 33.5 Å². The molecule has 2 aliphatic heterocycles. The molecule has 148 valence electrons. The molecule has 0 amide bonds. The van der Waals surface area contributed by atoms with Crippen LogP contribution in [-0.4, -0.2) is 39.2 Å². The van der Waals surface area contributed by atoms with Gasteiger partial charge in [-0.1, -0.05) is 62.6 Å². The Bertz CT molecular complexity index is 773. The van der Waals surface area contributed by atoms with E-state index in [-0.39, 0.29) is 16.9 Å². The van der Waals surface area contributed by atoms with Gasteiger partial charge < -0.3 is 14.4 Å². The average Bonchev–Trinajstić information content (AvgIpc) is 2.96. The minimum absolute atomic E-state index is 0.00765. The van der Waals surface area contributed by atoms with Gasteiger partial charge in [-0.25, -0.2) is 4.99 Å². The van der Waals surface area contributed by atoms with Crippen LogP contribution in [0, 0.1) is 11.3 Å². The van der Waals surface area contributed by atoms with Gasteiger partial charge in [0.2, 0.25) is 0 Å². The Balaban J connectivity index is 1.97. The summed E-state index contributed by atoms with van der Waals surface area (Å²) in [5.41, 5.74) is 0.434. The number of amidine groups is 1. The number of aliphatic imine (C=N–C) groups is 1. The highest BCUT2D eigenvalue weighted by molar-refractivity contribution is 8.23. The van der Waals surface area contributed by atoms with Crippen LogP contribution in [-0.2, 0) is 0 Å². The Kier molecular flexibility index (Phi) is 5.93. The molecule has 27 heavy (non-hydrogen) atoms. The summed E-state index contributed by atoms with van der Waals surface area (Å²) >= 11 is 8.65. The smallest absolute Gasteiger partial charge is 0.395 e. The lowest BCUT2D eigenvalue weighted by atomic mass is 9.76. The van der Waals surface area contributed by atoms with Gasteiger partial charge in [-0.15, -0.1) is 8.78 Å². The summed E-state index contributed by atoms with van der Waals surface area (Å²) in [6, 6.07) is 4.71. The lowest BCUT2D eigenvalue weighted by Gasteiger charge is -2.45. The number of halogens is 2. The molecule has 1 fully saturated rings. The van der Waals surface area contributed by atoms with Crippen molar-refractivity contribution in [1.29, 1.82) is 0 Å². The van der Waals surface area contributed by atoms with Crippen molar-refractivity contribution >= 4 is 50.9 Å². The first-order valence-corrected chi connectivity index (χ1v) is 11.3. The van der Waals surface area contributed by atoms with Crippen molar-refractivity contribution in [3.05, 3.63) is 18.2 Å². The number of alkyl halides is 2. The fourth-order valence-electron chi connectivity index (χ4n) is 3.18. The highest BCUT2D eigenvalue weighted by atomic mass is 32.2. The SMILES string of the molecule is CCC1(C(C)C)CSC(=Nc2cccc3c2OC(F)(F)O3)N(C(=S)SC)C1. The van der Waals surface area contributed by atoms with E-state index >= 15 is 0 Å². The summed E-state index contributed by atoms with van der Waals surface area (Å²) in [6.07, 6.45) is -0.704. The number of benzene rings is 1. The summed E-state index contributed by atoms with van der Waals surface area (Å²) in [5.74, 6) is 1.34. The van der Waals surface area contributed by atoms with E-state index < -0.39 is 6.29 Å². The second-order valence-corrected chi connectivity index (χ2v) is 9.26. The van der Waals surface area contributed by atoms with Crippen molar-refractivity contribution in [3.8, 4) is 11.5 Å². The van der Waals surface area contributed by atoms with Crippen LogP contribution in [0.4, 0.5) is 14.5 Å². The van der Waals surface area contributed by atoms with Crippen molar-refractivity contribution in [3.63, 3.8) is 0 Å². The molecule has 0 bridgehead atoms. The molecule has 4 nitrogen and oxygen atoms in total. The number of thiocarbonyl (C=S) groups is 1. The summed E-state index contributed by atoms with van der Waals surface area (Å²) in [6.45, 7) is 7.41. The van der Waals surface area contributed by atoms with E-state index in [4.69, 9.17) is 12.2 Å². The van der Waals surface area contributed by atoms with Crippen molar-refractivity contribution in [2.24, 2.45) is 16.3 Å². The molecule has 0 spiro atoms. The number of hydrogen-bond acceptors (Lipinski definition) is 6. The van der Waals surface area contributed by atoms with E-state index in [1.54, 1.807) is 23.9 Å². The fourth-order valence-corrected chi connectivity index (χ4v) is 5.33. The van der Waals surface area contributed by atoms with Crippen LogP contribution in [0.25, 0.3) is 0 Å². The van der Waals surface area contributed by atoms with Crippen molar-refractivity contribution in [1.82, 2.24) is 4.90 Å². The lowest BCUT2D eigenvalue weighted by molar-refractivity contribution is -0.286. The molecule has 1 aromatic carbocycles. The molecule has 3 rings (SSSR count). The zero-order valence-corrected chi connectivity index (χ0v) is 18.1. The summed E-state index contributed by atoms with van der Waals surface area (Å²) in [7, 11) is 0. The first-order valence-electron chi connectivity index (χ1n) is 8.67. The van der Waals surface area contributed by atoms with Crippen LogP contribution in [0.15, 0.2) is 23.2 Å². The van der Waals surface area contributed by atoms with Crippen molar-refractivity contribution in [2.75, 3.05) is 18.6 Å². The predicted molar refractivity (Wildman–Crippen MR) is 113 cm³/mol. The Hall–Kier alpha value is -1.06. The Morgan fingerprint density at radius 3 is 2.78 bits per heavy atom. The molecule has 2 heterocycles. The van der Waals surface area contributed by atoms with Gasteiger partial charge in [-0.2, -0.15) is 0 Å². The zero-order chi connectivity index (χ0) is 19.8. The number of thioether (sulfide) groups is 2. The van der Waals surface area contributed by atoms with E-state index in [9.17, 15) is 8.78 Å². The maximum atomic E-state index is 13.5. The van der Waals surface area contributed by atoms with Crippen LogP contribution in [0.1, 0.15) is 27.2 Å². The monoisotopic (exact) mass is 432 g/mol. The number of fused-ring (bicyclic) bond motifs is 1. The van der Waals surface area contributed by atoms with Gasteiger partial charge >= 0.3 is 6.29 Å². The number of nitrogens with zero attached hydrogens (tertiary/aromatic N) is 2. The molecule has 1 aromatic rings. The van der Waals surface area contributed by atoms with Gasteiger partial charge in [0.1, 0.15) is 10.0 Å². The predicted octanol–water partition coefficient (Wildman–Crippen LogP) is 5.74. The molecule has 1 unspecified atom stereocenters. The van der Waals surface area contributed by atoms with Gasteiger partial charge in [0, 0.05) is 12.3 Å². The Labute approximate surface area is 172 Å². The van der Waals surface area contributed by atoms with E-state index in [0.717, 1.165) is 23.0 Å². The maximum absolute atomic E-state index is 13.5. The molecule has 1 atom stereocenters. The summed E-state index contributed by atoms with van der Waals surface area (Å²) in [4.78, 5) is 6.65. The number of rotatable bonds is 3. The molecule has 2 aliphatic rings. The maximum Gasteiger partial charge on any atom is 0.586 e. The van der Waals surface area contributed by atoms with Crippen molar-refractivity contribution < 1.29 is 18.3 Å². The number of para-hydroxylation sites is 1. The van der Waals surface area contributed by atoms with Gasteiger partial charge in [-0.3, -0.25) is 0 Å². The number of hydrogen-bond donors (Lipinski definition) is 0. The molecular formula is C18H22F2N2O2S3. The third kappa shape index (κ3) is 4.05. The van der Waals surface area contributed by atoms with Crippen LogP contribution < -0.4 is 9.47 Å². The Morgan fingerprint density at radius 1 is 1.41 bits per heavy atom. The third-order valence-corrected chi connectivity index (χ3v) is 7.72. The van der Waals surface area contributed by atoms with Gasteiger partial charge in [0.05, 0.1) is 0 Å².